The van der Waals surface area contributed by atoms with Crippen LogP contribution in [0.3, 0.4) is 0 Å². The summed E-state index contributed by atoms with van der Waals surface area (Å²) in [5.41, 5.74) is 0.599. The number of β-amino-alcohol motifs (C(OH)–C–C–N with tert-alkyl or cyclic N) is 1. The molecule has 4 nitrogen and oxygen atoms in total. The number of aliphatic hydroxyl groups is 1. The third-order valence-electron chi connectivity index (χ3n) is 3.76. The first-order valence-electron chi connectivity index (χ1n) is 7.65. The minimum absolute atomic E-state index is 0.136. The van der Waals surface area contributed by atoms with Crippen LogP contribution in [0.15, 0.2) is 24.3 Å². The molecular formula is C17H24ClNO3. The lowest BCUT2D eigenvalue weighted by atomic mass is 9.88. The van der Waals surface area contributed by atoms with Crippen LogP contribution in [0.1, 0.15) is 32.8 Å². The second-order valence-corrected chi connectivity index (χ2v) is 7.31. The molecular weight excluding hydrogens is 302 g/mol. The molecule has 0 saturated carbocycles. The van der Waals surface area contributed by atoms with E-state index in [1.54, 1.807) is 4.90 Å². The van der Waals surface area contributed by atoms with Crippen LogP contribution in [0.4, 0.5) is 4.79 Å². The number of aliphatic hydroxyl groups excluding tert-OH is 1. The minimum atomic E-state index is -0.541. The van der Waals surface area contributed by atoms with Gasteiger partial charge in [0.25, 0.3) is 0 Å². The number of ether oxygens (including phenoxy) is 1. The number of carbonyl (C=O) groups is 1. The van der Waals surface area contributed by atoms with Crippen LogP contribution in [0, 0.1) is 5.92 Å². The van der Waals surface area contributed by atoms with Gasteiger partial charge in [-0.25, -0.2) is 4.79 Å². The Morgan fingerprint density at radius 1 is 1.45 bits per heavy atom. The molecule has 0 aromatic heterocycles. The summed E-state index contributed by atoms with van der Waals surface area (Å²) in [5, 5.41) is 11.0. The van der Waals surface area contributed by atoms with Gasteiger partial charge in [-0.3, -0.25) is 0 Å². The summed E-state index contributed by atoms with van der Waals surface area (Å²) in [6, 6.07) is 7.69. The van der Waals surface area contributed by atoms with Crippen molar-refractivity contribution < 1.29 is 14.6 Å². The Morgan fingerprint density at radius 2 is 2.18 bits per heavy atom. The summed E-state index contributed by atoms with van der Waals surface area (Å²) in [6.07, 6.45) is 0.629. The number of amides is 1. The Bertz CT molecular complexity index is 527. The summed E-state index contributed by atoms with van der Waals surface area (Å²) in [6.45, 7) is 6.45. The molecule has 0 spiro atoms. The number of halogens is 1. The average Bonchev–Trinajstić information content (AvgIpc) is 2.39. The molecule has 2 rings (SSSR count). The highest BCUT2D eigenvalue weighted by molar-refractivity contribution is 6.30. The predicted molar refractivity (Wildman–Crippen MR) is 87.1 cm³/mol. The van der Waals surface area contributed by atoms with Crippen molar-refractivity contribution in [1.29, 1.82) is 0 Å². The van der Waals surface area contributed by atoms with Crippen LogP contribution in [-0.4, -0.2) is 40.9 Å². The highest BCUT2D eigenvalue weighted by Crippen LogP contribution is 2.24. The molecule has 0 bridgehead atoms. The lowest BCUT2D eigenvalue weighted by Crippen LogP contribution is -2.48. The molecule has 22 heavy (non-hydrogen) atoms. The van der Waals surface area contributed by atoms with Crippen LogP contribution in [0.25, 0.3) is 0 Å². The zero-order valence-corrected chi connectivity index (χ0v) is 14.1. The standard InChI is InChI=1S/C17H24ClNO3/c1-17(2,3)22-16(21)19-8-7-13(15(20)11-19)9-12-5-4-6-14(18)10-12/h4-6,10,13,15,20H,7-9,11H2,1-3H3. The van der Waals surface area contributed by atoms with E-state index in [0.717, 1.165) is 18.4 Å². The van der Waals surface area contributed by atoms with Gasteiger partial charge in [0.15, 0.2) is 0 Å². The molecule has 1 heterocycles. The molecule has 122 valence electrons. The third-order valence-corrected chi connectivity index (χ3v) is 4.00. The molecule has 1 aliphatic rings. The second kappa shape index (κ2) is 6.88. The lowest BCUT2D eigenvalue weighted by molar-refractivity contribution is -0.0125. The van der Waals surface area contributed by atoms with Gasteiger partial charge in [0.05, 0.1) is 12.6 Å². The first-order valence-corrected chi connectivity index (χ1v) is 8.03. The number of hydrogen-bond donors (Lipinski definition) is 1. The number of rotatable bonds is 2. The fraction of sp³-hybridized carbons (Fsp3) is 0.588. The molecule has 1 N–H and O–H groups in total. The lowest BCUT2D eigenvalue weighted by Gasteiger charge is -2.36. The zero-order valence-electron chi connectivity index (χ0n) is 13.4. The fourth-order valence-electron chi connectivity index (χ4n) is 2.68. The van der Waals surface area contributed by atoms with E-state index in [1.165, 1.54) is 0 Å². The number of piperidine rings is 1. The van der Waals surface area contributed by atoms with Gasteiger partial charge in [0, 0.05) is 11.6 Å². The molecule has 1 amide bonds. The van der Waals surface area contributed by atoms with Crippen LogP contribution >= 0.6 is 11.6 Å². The Kier molecular flexibility index (Phi) is 5.35. The summed E-state index contributed by atoms with van der Waals surface area (Å²) >= 11 is 5.99. The maximum Gasteiger partial charge on any atom is 0.410 e. The molecule has 0 aliphatic carbocycles. The van der Waals surface area contributed by atoms with Crippen molar-refractivity contribution in [2.45, 2.75) is 45.3 Å². The van der Waals surface area contributed by atoms with E-state index in [4.69, 9.17) is 16.3 Å². The van der Waals surface area contributed by atoms with Crippen molar-refractivity contribution >= 4 is 17.7 Å². The Balaban J connectivity index is 1.91. The van der Waals surface area contributed by atoms with Crippen LogP contribution < -0.4 is 0 Å². The maximum absolute atomic E-state index is 12.0. The quantitative estimate of drug-likeness (QED) is 0.905. The van der Waals surface area contributed by atoms with E-state index in [0.29, 0.717) is 18.1 Å². The summed E-state index contributed by atoms with van der Waals surface area (Å²) in [7, 11) is 0. The van der Waals surface area contributed by atoms with E-state index in [1.807, 2.05) is 45.0 Å². The highest BCUT2D eigenvalue weighted by atomic mass is 35.5. The van der Waals surface area contributed by atoms with Crippen LogP contribution in [0.5, 0.6) is 0 Å². The van der Waals surface area contributed by atoms with E-state index in [9.17, 15) is 9.90 Å². The average molecular weight is 326 g/mol. The van der Waals surface area contributed by atoms with E-state index in [-0.39, 0.29) is 12.0 Å². The van der Waals surface area contributed by atoms with Gasteiger partial charge in [-0.15, -0.1) is 0 Å². The second-order valence-electron chi connectivity index (χ2n) is 6.88. The van der Waals surface area contributed by atoms with E-state index < -0.39 is 11.7 Å². The molecule has 1 aromatic carbocycles. The molecule has 2 unspecified atom stereocenters. The predicted octanol–water partition coefficient (Wildman–Crippen LogP) is 3.50. The topological polar surface area (TPSA) is 49.8 Å². The zero-order chi connectivity index (χ0) is 16.3. The number of likely N-dealkylation sites (tertiary alicyclic amines) is 1. The summed E-state index contributed by atoms with van der Waals surface area (Å²) < 4.78 is 5.35. The van der Waals surface area contributed by atoms with Crippen LogP contribution in [0.2, 0.25) is 5.02 Å². The van der Waals surface area contributed by atoms with Crippen molar-refractivity contribution in [1.82, 2.24) is 4.90 Å². The molecule has 1 fully saturated rings. The monoisotopic (exact) mass is 325 g/mol. The molecule has 1 saturated heterocycles. The highest BCUT2D eigenvalue weighted by Gasteiger charge is 2.32. The van der Waals surface area contributed by atoms with Gasteiger partial charge in [0.1, 0.15) is 5.60 Å². The fourth-order valence-corrected chi connectivity index (χ4v) is 2.89. The number of nitrogens with zero attached hydrogens (tertiary/aromatic N) is 1. The van der Waals surface area contributed by atoms with Gasteiger partial charge in [0.2, 0.25) is 0 Å². The first-order chi connectivity index (χ1) is 10.2. The van der Waals surface area contributed by atoms with E-state index in [2.05, 4.69) is 0 Å². The van der Waals surface area contributed by atoms with Gasteiger partial charge < -0.3 is 14.7 Å². The summed E-state index contributed by atoms with van der Waals surface area (Å²) in [5.74, 6) is 0.136. The number of hydrogen-bond acceptors (Lipinski definition) is 3. The normalized spacial score (nSPS) is 22.5. The SMILES string of the molecule is CC(C)(C)OC(=O)N1CCC(Cc2cccc(Cl)c2)C(O)C1. The van der Waals surface area contributed by atoms with Crippen molar-refractivity contribution in [3.8, 4) is 0 Å². The largest absolute Gasteiger partial charge is 0.444 e. The van der Waals surface area contributed by atoms with Gasteiger partial charge in [-0.2, -0.15) is 0 Å². The molecule has 2 atom stereocenters. The smallest absolute Gasteiger partial charge is 0.410 e. The van der Waals surface area contributed by atoms with Gasteiger partial charge in [-0.1, -0.05) is 23.7 Å². The van der Waals surface area contributed by atoms with Crippen LogP contribution in [-0.2, 0) is 11.2 Å². The Hall–Kier alpha value is -1.26. The molecule has 1 aromatic rings. The number of carbonyl (C=O) groups excluding carboxylic acids is 1. The van der Waals surface area contributed by atoms with Gasteiger partial charge in [-0.05, 0) is 57.2 Å². The van der Waals surface area contributed by atoms with Crippen molar-refractivity contribution in [3.05, 3.63) is 34.9 Å². The Morgan fingerprint density at radius 3 is 2.77 bits per heavy atom. The third kappa shape index (κ3) is 4.89. The minimum Gasteiger partial charge on any atom is -0.444 e. The van der Waals surface area contributed by atoms with E-state index >= 15 is 0 Å². The Labute approximate surface area is 137 Å². The first kappa shape index (κ1) is 17.1. The number of benzene rings is 1. The van der Waals surface area contributed by atoms with Crippen molar-refractivity contribution in [3.63, 3.8) is 0 Å². The molecule has 0 radical (unpaired) electrons. The van der Waals surface area contributed by atoms with Crippen molar-refractivity contribution in [2.24, 2.45) is 5.92 Å². The maximum atomic E-state index is 12.0. The summed E-state index contributed by atoms with van der Waals surface area (Å²) in [4.78, 5) is 13.6. The van der Waals surface area contributed by atoms with Gasteiger partial charge >= 0.3 is 6.09 Å². The molecule has 5 heteroatoms. The van der Waals surface area contributed by atoms with Crippen molar-refractivity contribution in [2.75, 3.05) is 13.1 Å². The molecule has 1 aliphatic heterocycles.